The van der Waals surface area contributed by atoms with E-state index in [9.17, 15) is 4.79 Å². The Kier molecular flexibility index (Phi) is 3.76. The van der Waals surface area contributed by atoms with E-state index < -0.39 is 0 Å². The number of carbonyl (C=O) groups is 1. The van der Waals surface area contributed by atoms with Crippen molar-refractivity contribution in [2.75, 3.05) is 25.1 Å². The minimum Gasteiger partial charge on any atom is -0.366 e. The van der Waals surface area contributed by atoms with Crippen LogP contribution in [-0.2, 0) is 6.54 Å². The largest absolute Gasteiger partial charge is 0.366 e. The molecule has 1 aromatic heterocycles. The fourth-order valence-corrected chi connectivity index (χ4v) is 1.68. The maximum absolute atomic E-state index is 12.0. The highest BCUT2D eigenvalue weighted by Gasteiger charge is 2.12. The number of anilines is 2. The fourth-order valence-electron chi connectivity index (χ4n) is 1.68. The fraction of sp³-hybridized carbons (Fsp3) is 0.250. The first-order chi connectivity index (χ1) is 9.06. The molecule has 0 radical (unpaired) electrons. The van der Waals surface area contributed by atoms with E-state index in [-0.39, 0.29) is 17.7 Å². The molecule has 1 amide bonds. The second-order valence-corrected chi connectivity index (χ2v) is 4.39. The van der Waals surface area contributed by atoms with Gasteiger partial charge in [0.25, 0.3) is 5.91 Å². The van der Waals surface area contributed by atoms with Gasteiger partial charge in [-0.3, -0.25) is 9.89 Å². The van der Waals surface area contributed by atoms with E-state index in [2.05, 4.69) is 20.5 Å². The first kappa shape index (κ1) is 13.0. The zero-order chi connectivity index (χ0) is 13.8. The number of benzene rings is 1. The van der Waals surface area contributed by atoms with Crippen LogP contribution in [0.25, 0.3) is 0 Å². The summed E-state index contributed by atoms with van der Waals surface area (Å²) in [4.78, 5) is 17.8. The topological polar surface area (TPSA) is 99.9 Å². The zero-order valence-electron chi connectivity index (χ0n) is 10.8. The number of aromatic amines is 1. The van der Waals surface area contributed by atoms with Crippen LogP contribution in [0.1, 0.15) is 16.2 Å². The molecular weight excluding hydrogens is 244 g/mol. The Bertz CT molecular complexity index is 577. The summed E-state index contributed by atoms with van der Waals surface area (Å²) in [5, 5.41) is 8.89. The number of rotatable bonds is 4. The minimum atomic E-state index is -0.365. The van der Waals surface area contributed by atoms with Crippen LogP contribution in [0.5, 0.6) is 0 Å². The third-order valence-electron chi connectivity index (χ3n) is 2.47. The van der Waals surface area contributed by atoms with Crippen LogP contribution >= 0.6 is 0 Å². The van der Waals surface area contributed by atoms with Gasteiger partial charge in [0.15, 0.2) is 0 Å². The molecule has 7 heteroatoms. The number of nitrogens with one attached hydrogen (secondary N) is 2. The number of carbonyl (C=O) groups excluding carboxylic acids is 1. The lowest BCUT2D eigenvalue weighted by atomic mass is 10.1. The Labute approximate surface area is 110 Å². The van der Waals surface area contributed by atoms with Gasteiger partial charge >= 0.3 is 0 Å². The number of hydrogen-bond donors (Lipinski definition) is 3. The molecule has 4 N–H and O–H groups in total. The van der Waals surface area contributed by atoms with Crippen LogP contribution in [0, 0.1) is 0 Å². The Morgan fingerprint density at radius 1 is 1.42 bits per heavy atom. The van der Waals surface area contributed by atoms with Crippen LogP contribution in [0.3, 0.4) is 0 Å². The second kappa shape index (κ2) is 5.49. The molecule has 1 heterocycles. The summed E-state index contributed by atoms with van der Waals surface area (Å²) in [6.45, 7) is 0.731. The molecule has 0 spiro atoms. The average Bonchev–Trinajstić information content (AvgIpc) is 2.78. The molecule has 0 fully saturated rings. The molecule has 1 aromatic carbocycles. The van der Waals surface area contributed by atoms with Crippen LogP contribution in [0.4, 0.5) is 11.6 Å². The number of amides is 1. The van der Waals surface area contributed by atoms with E-state index in [0.717, 1.165) is 17.8 Å². The van der Waals surface area contributed by atoms with Crippen molar-refractivity contribution in [3.05, 3.63) is 35.7 Å². The van der Waals surface area contributed by atoms with E-state index in [1.807, 2.05) is 43.3 Å². The molecule has 19 heavy (non-hydrogen) atoms. The van der Waals surface area contributed by atoms with Gasteiger partial charge in [-0.2, -0.15) is 4.98 Å². The maximum Gasteiger partial charge on any atom is 0.293 e. The Hall–Kier alpha value is -2.41. The summed E-state index contributed by atoms with van der Waals surface area (Å²) in [7, 11) is 3.94. The molecule has 2 rings (SSSR count). The number of aromatic nitrogens is 3. The standard InChI is InChI=1S/C12H16N6O/c1-18(2)7-8-5-3-4-6-9(8)14-11(19)10-15-12(13)17-16-10/h3-6H,7H2,1-2H3,(H,14,19)(H3,13,15,16,17). The van der Waals surface area contributed by atoms with Crippen molar-refractivity contribution in [3.63, 3.8) is 0 Å². The molecular formula is C12H16N6O. The summed E-state index contributed by atoms with van der Waals surface area (Å²) in [5.74, 6) is -0.223. The summed E-state index contributed by atoms with van der Waals surface area (Å²) in [5.41, 5.74) is 7.13. The predicted octanol–water partition coefficient (Wildman–Crippen LogP) is 0.701. The Balaban J connectivity index is 2.16. The maximum atomic E-state index is 12.0. The van der Waals surface area contributed by atoms with E-state index in [1.165, 1.54) is 0 Å². The van der Waals surface area contributed by atoms with Crippen molar-refractivity contribution in [1.29, 1.82) is 0 Å². The molecule has 0 aliphatic heterocycles. The number of nitrogens with two attached hydrogens (primary N) is 1. The average molecular weight is 260 g/mol. The monoisotopic (exact) mass is 260 g/mol. The lowest BCUT2D eigenvalue weighted by Crippen LogP contribution is -2.17. The van der Waals surface area contributed by atoms with Gasteiger partial charge in [0.05, 0.1) is 0 Å². The normalized spacial score (nSPS) is 10.7. The van der Waals surface area contributed by atoms with Gasteiger partial charge in [-0.15, -0.1) is 5.10 Å². The summed E-state index contributed by atoms with van der Waals surface area (Å²) in [6.07, 6.45) is 0. The van der Waals surface area contributed by atoms with Crippen molar-refractivity contribution >= 4 is 17.5 Å². The summed E-state index contributed by atoms with van der Waals surface area (Å²) >= 11 is 0. The number of hydrogen-bond acceptors (Lipinski definition) is 5. The lowest BCUT2D eigenvalue weighted by molar-refractivity contribution is 0.101. The number of nitrogen functional groups attached to an aromatic ring is 1. The molecule has 0 bridgehead atoms. The van der Waals surface area contributed by atoms with Gasteiger partial charge < -0.3 is 16.0 Å². The summed E-state index contributed by atoms with van der Waals surface area (Å²) in [6, 6.07) is 7.60. The third-order valence-corrected chi connectivity index (χ3v) is 2.47. The molecule has 0 atom stereocenters. The molecule has 2 aromatic rings. The summed E-state index contributed by atoms with van der Waals surface area (Å²) < 4.78 is 0. The van der Waals surface area contributed by atoms with Gasteiger partial charge in [0.1, 0.15) is 0 Å². The first-order valence-corrected chi connectivity index (χ1v) is 5.78. The van der Waals surface area contributed by atoms with Crippen molar-refractivity contribution in [3.8, 4) is 0 Å². The van der Waals surface area contributed by atoms with E-state index >= 15 is 0 Å². The van der Waals surface area contributed by atoms with Crippen molar-refractivity contribution < 1.29 is 4.79 Å². The quantitative estimate of drug-likeness (QED) is 0.751. The van der Waals surface area contributed by atoms with Crippen LogP contribution in [-0.4, -0.2) is 40.1 Å². The SMILES string of the molecule is CN(C)Cc1ccccc1NC(=O)c1nc(N)n[nH]1. The zero-order valence-corrected chi connectivity index (χ0v) is 10.8. The highest BCUT2D eigenvalue weighted by Crippen LogP contribution is 2.16. The van der Waals surface area contributed by atoms with E-state index in [0.29, 0.717) is 0 Å². The smallest absolute Gasteiger partial charge is 0.293 e. The molecule has 0 unspecified atom stereocenters. The minimum absolute atomic E-state index is 0.0479. The van der Waals surface area contributed by atoms with Crippen molar-refractivity contribution in [2.45, 2.75) is 6.54 Å². The molecule has 0 aliphatic rings. The molecule has 100 valence electrons. The van der Waals surface area contributed by atoms with E-state index in [1.54, 1.807) is 0 Å². The molecule has 0 aliphatic carbocycles. The van der Waals surface area contributed by atoms with Crippen LogP contribution in [0.15, 0.2) is 24.3 Å². The van der Waals surface area contributed by atoms with Crippen molar-refractivity contribution in [1.82, 2.24) is 20.1 Å². The number of nitrogens with zero attached hydrogens (tertiary/aromatic N) is 3. The number of H-pyrrole nitrogens is 1. The Morgan fingerprint density at radius 2 is 2.16 bits per heavy atom. The highest BCUT2D eigenvalue weighted by atomic mass is 16.2. The molecule has 7 nitrogen and oxygen atoms in total. The number of para-hydroxylation sites is 1. The lowest BCUT2D eigenvalue weighted by Gasteiger charge is -2.14. The van der Waals surface area contributed by atoms with E-state index in [4.69, 9.17) is 5.73 Å². The first-order valence-electron chi connectivity index (χ1n) is 5.78. The van der Waals surface area contributed by atoms with Crippen LogP contribution in [0.2, 0.25) is 0 Å². The predicted molar refractivity (Wildman–Crippen MR) is 72.6 cm³/mol. The van der Waals surface area contributed by atoms with Gasteiger partial charge in [-0.05, 0) is 25.7 Å². The highest BCUT2D eigenvalue weighted by molar-refractivity contribution is 6.02. The molecule has 0 saturated carbocycles. The Morgan fingerprint density at radius 3 is 2.79 bits per heavy atom. The van der Waals surface area contributed by atoms with Gasteiger partial charge in [0, 0.05) is 12.2 Å². The van der Waals surface area contributed by atoms with Crippen molar-refractivity contribution in [2.24, 2.45) is 0 Å². The second-order valence-electron chi connectivity index (χ2n) is 4.39. The van der Waals surface area contributed by atoms with Gasteiger partial charge in [0.2, 0.25) is 11.8 Å². The van der Waals surface area contributed by atoms with Crippen LogP contribution < -0.4 is 11.1 Å². The third kappa shape index (κ3) is 3.29. The molecule has 0 saturated heterocycles. The van der Waals surface area contributed by atoms with Gasteiger partial charge in [-0.25, -0.2) is 0 Å². The van der Waals surface area contributed by atoms with Gasteiger partial charge in [-0.1, -0.05) is 18.2 Å².